The highest BCUT2D eigenvalue weighted by Gasteiger charge is 2.30. The van der Waals surface area contributed by atoms with E-state index in [9.17, 15) is 9.90 Å². The maximum atomic E-state index is 11.2. The highest BCUT2D eigenvalue weighted by atomic mass is 32.2. The lowest BCUT2D eigenvalue weighted by molar-refractivity contribution is -0.144. The first kappa shape index (κ1) is 17.7. The summed E-state index contributed by atoms with van der Waals surface area (Å²) in [5.41, 5.74) is -0.794. The van der Waals surface area contributed by atoms with Crippen LogP contribution >= 0.6 is 11.8 Å². The maximum Gasteiger partial charge on any atom is 0.323 e. The first-order valence-electron chi connectivity index (χ1n) is 6.63. The van der Waals surface area contributed by atoms with Crippen LogP contribution in [0.15, 0.2) is 0 Å². The normalized spacial score (nSPS) is 16.2. The third-order valence-corrected chi connectivity index (χ3v) is 4.35. The van der Waals surface area contributed by atoms with Crippen LogP contribution in [0, 0.1) is 5.92 Å². The Morgan fingerprint density at radius 3 is 2.61 bits per heavy atom. The summed E-state index contributed by atoms with van der Waals surface area (Å²) in [6.45, 7) is 6.61. The molecular formula is C13H27NO3S. The molecule has 0 radical (unpaired) electrons. The first-order chi connectivity index (χ1) is 8.46. The molecule has 0 aliphatic carbocycles. The molecule has 2 atom stereocenters. The quantitative estimate of drug-likeness (QED) is 0.504. The van der Waals surface area contributed by atoms with Gasteiger partial charge in [0.25, 0.3) is 0 Å². The number of thioether (sulfide) groups is 1. The number of unbranched alkanes of at least 4 members (excludes halogenated alkanes) is 1. The van der Waals surface area contributed by atoms with Crippen LogP contribution in [0.4, 0.5) is 0 Å². The van der Waals surface area contributed by atoms with Gasteiger partial charge in [0, 0.05) is 6.61 Å². The lowest BCUT2D eigenvalue weighted by atomic mass is 9.95. The molecule has 18 heavy (non-hydrogen) atoms. The van der Waals surface area contributed by atoms with E-state index in [0.717, 1.165) is 24.3 Å². The minimum absolute atomic E-state index is 0.241. The molecule has 0 heterocycles. The molecule has 0 amide bonds. The summed E-state index contributed by atoms with van der Waals surface area (Å²) >= 11 is 1.83. The van der Waals surface area contributed by atoms with Crippen LogP contribution in [0.25, 0.3) is 0 Å². The molecule has 0 fully saturated rings. The second-order valence-corrected chi connectivity index (χ2v) is 6.14. The van der Waals surface area contributed by atoms with Crippen LogP contribution < -0.4 is 5.32 Å². The van der Waals surface area contributed by atoms with Gasteiger partial charge in [0.2, 0.25) is 0 Å². The van der Waals surface area contributed by atoms with Crippen molar-refractivity contribution in [3.8, 4) is 0 Å². The van der Waals surface area contributed by atoms with Gasteiger partial charge in [0.15, 0.2) is 0 Å². The Morgan fingerprint density at radius 2 is 2.11 bits per heavy atom. The van der Waals surface area contributed by atoms with Crippen LogP contribution in [0.2, 0.25) is 0 Å². The Bertz CT molecular complexity index is 238. The van der Waals surface area contributed by atoms with E-state index in [1.807, 2.05) is 25.6 Å². The zero-order valence-electron chi connectivity index (χ0n) is 11.7. The summed E-state index contributed by atoms with van der Waals surface area (Å²) in [5, 5.41) is 21.1. The van der Waals surface area contributed by atoms with E-state index in [1.165, 1.54) is 0 Å². The number of aliphatic hydroxyl groups is 1. The van der Waals surface area contributed by atoms with Crippen molar-refractivity contribution < 1.29 is 15.0 Å². The number of hydrogen-bond acceptors (Lipinski definition) is 4. The molecule has 108 valence electrons. The lowest BCUT2D eigenvalue weighted by Crippen LogP contribution is -2.49. The molecule has 4 nitrogen and oxygen atoms in total. The molecule has 0 aliphatic heterocycles. The number of nitrogens with one attached hydrogen (secondary N) is 1. The summed E-state index contributed by atoms with van der Waals surface area (Å²) in [5.74, 6) is 1.58. The van der Waals surface area contributed by atoms with Crippen LogP contribution in [-0.2, 0) is 4.79 Å². The van der Waals surface area contributed by atoms with Crippen molar-refractivity contribution in [2.24, 2.45) is 5.92 Å². The van der Waals surface area contributed by atoms with Gasteiger partial charge in [-0.15, -0.1) is 0 Å². The average molecular weight is 277 g/mol. The minimum atomic E-state index is -0.794. The van der Waals surface area contributed by atoms with Gasteiger partial charge < -0.3 is 15.5 Å². The fraction of sp³-hybridized carbons (Fsp3) is 0.923. The van der Waals surface area contributed by atoms with Crippen LogP contribution in [-0.4, -0.2) is 46.4 Å². The molecule has 0 saturated heterocycles. The van der Waals surface area contributed by atoms with E-state index >= 15 is 0 Å². The van der Waals surface area contributed by atoms with Gasteiger partial charge in [0.05, 0.1) is 0 Å². The Hall–Kier alpha value is -0.260. The van der Waals surface area contributed by atoms with E-state index in [0.29, 0.717) is 18.9 Å². The zero-order chi connectivity index (χ0) is 14.0. The molecule has 0 saturated carbocycles. The summed E-state index contributed by atoms with van der Waals surface area (Å²) in [6, 6.07) is 0. The third kappa shape index (κ3) is 7.24. The third-order valence-electron chi connectivity index (χ3n) is 2.97. The highest BCUT2D eigenvalue weighted by Crippen LogP contribution is 2.17. The Balaban J connectivity index is 3.71. The predicted molar refractivity (Wildman–Crippen MR) is 77.1 cm³/mol. The molecule has 0 aromatic rings. The molecular weight excluding hydrogens is 250 g/mol. The molecule has 0 aliphatic rings. The van der Waals surface area contributed by atoms with Gasteiger partial charge in [0.1, 0.15) is 5.54 Å². The molecule has 0 aromatic heterocycles. The van der Waals surface area contributed by atoms with E-state index in [-0.39, 0.29) is 6.61 Å². The summed E-state index contributed by atoms with van der Waals surface area (Å²) in [6.07, 6.45) is 2.60. The van der Waals surface area contributed by atoms with Gasteiger partial charge in [-0.1, -0.05) is 20.3 Å². The Kier molecular flexibility index (Phi) is 9.50. The second kappa shape index (κ2) is 9.64. The van der Waals surface area contributed by atoms with Gasteiger partial charge in [-0.25, -0.2) is 0 Å². The molecule has 0 spiro atoms. The van der Waals surface area contributed by atoms with Crippen LogP contribution in [0.1, 0.15) is 40.0 Å². The Morgan fingerprint density at radius 1 is 1.44 bits per heavy atom. The van der Waals surface area contributed by atoms with Gasteiger partial charge in [-0.05, 0) is 43.7 Å². The number of aliphatic carboxylic acids is 1. The SMILES string of the molecule is CCNC(C)(CCCCSCC(C)CO)C(=O)O. The van der Waals surface area contributed by atoms with E-state index < -0.39 is 11.5 Å². The van der Waals surface area contributed by atoms with Crippen LogP contribution in [0.3, 0.4) is 0 Å². The van der Waals surface area contributed by atoms with Crippen molar-refractivity contribution >= 4 is 17.7 Å². The molecule has 0 bridgehead atoms. The Labute approximate surface area is 115 Å². The fourth-order valence-electron chi connectivity index (χ4n) is 1.68. The number of carbonyl (C=O) groups is 1. The number of aliphatic hydroxyl groups excluding tert-OH is 1. The summed E-state index contributed by atoms with van der Waals surface area (Å²) in [7, 11) is 0. The average Bonchev–Trinajstić information content (AvgIpc) is 2.33. The van der Waals surface area contributed by atoms with E-state index in [2.05, 4.69) is 5.32 Å². The lowest BCUT2D eigenvalue weighted by Gasteiger charge is -2.25. The van der Waals surface area contributed by atoms with Crippen molar-refractivity contribution in [2.75, 3.05) is 24.7 Å². The van der Waals surface area contributed by atoms with Crippen LogP contribution in [0.5, 0.6) is 0 Å². The molecule has 3 N–H and O–H groups in total. The highest BCUT2D eigenvalue weighted by molar-refractivity contribution is 7.99. The predicted octanol–water partition coefficient (Wildman–Crippen LogP) is 1.97. The number of hydrogen-bond donors (Lipinski definition) is 3. The van der Waals surface area contributed by atoms with E-state index in [4.69, 9.17) is 5.11 Å². The number of carboxylic acid groups (broad SMARTS) is 1. The molecule has 2 unspecified atom stereocenters. The number of carboxylic acids is 1. The summed E-state index contributed by atoms with van der Waals surface area (Å²) in [4.78, 5) is 11.2. The van der Waals surface area contributed by atoms with Crippen molar-refractivity contribution in [1.82, 2.24) is 5.32 Å². The van der Waals surface area contributed by atoms with Crippen molar-refractivity contribution in [3.63, 3.8) is 0 Å². The smallest absolute Gasteiger partial charge is 0.323 e. The topological polar surface area (TPSA) is 69.6 Å². The molecule has 0 aromatic carbocycles. The standard InChI is InChI=1S/C13H27NO3S/c1-4-14-13(3,12(16)17)7-5-6-8-18-10-11(2)9-15/h11,14-15H,4-10H2,1-3H3,(H,16,17). The number of rotatable bonds is 11. The first-order valence-corrected chi connectivity index (χ1v) is 7.78. The van der Waals surface area contributed by atoms with E-state index in [1.54, 1.807) is 6.92 Å². The van der Waals surface area contributed by atoms with Gasteiger partial charge in [-0.3, -0.25) is 4.79 Å². The largest absolute Gasteiger partial charge is 0.480 e. The minimum Gasteiger partial charge on any atom is -0.480 e. The van der Waals surface area contributed by atoms with Crippen molar-refractivity contribution in [2.45, 2.75) is 45.6 Å². The molecule has 5 heteroatoms. The maximum absolute atomic E-state index is 11.2. The zero-order valence-corrected chi connectivity index (χ0v) is 12.6. The van der Waals surface area contributed by atoms with Crippen molar-refractivity contribution in [1.29, 1.82) is 0 Å². The molecule has 0 rings (SSSR count). The van der Waals surface area contributed by atoms with Gasteiger partial charge in [-0.2, -0.15) is 11.8 Å². The van der Waals surface area contributed by atoms with Crippen molar-refractivity contribution in [3.05, 3.63) is 0 Å². The number of likely N-dealkylation sites (N-methyl/N-ethyl adjacent to an activating group) is 1. The summed E-state index contributed by atoms with van der Waals surface area (Å²) < 4.78 is 0. The monoisotopic (exact) mass is 277 g/mol. The fourth-order valence-corrected chi connectivity index (χ4v) is 2.76. The van der Waals surface area contributed by atoms with Gasteiger partial charge >= 0.3 is 5.97 Å². The second-order valence-electron chi connectivity index (χ2n) is 4.99.